The summed E-state index contributed by atoms with van der Waals surface area (Å²) in [5.41, 5.74) is 2.00. The summed E-state index contributed by atoms with van der Waals surface area (Å²) in [4.78, 5) is 25.8. The molecule has 0 atom stereocenters. The van der Waals surface area contributed by atoms with Crippen LogP contribution in [0.4, 0.5) is 5.69 Å². The van der Waals surface area contributed by atoms with Gasteiger partial charge >= 0.3 is 5.97 Å². The molecule has 0 aliphatic rings. The molecule has 0 saturated carbocycles. The van der Waals surface area contributed by atoms with Crippen LogP contribution in [-0.2, 0) is 9.53 Å². The van der Waals surface area contributed by atoms with Crippen LogP contribution in [0.15, 0.2) is 48.5 Å². The number of rotatable bonds is 8. The summed E-state index contributed by atoms with van der Waals surface area (Å²) in [6, 6.07) is 14.6. The highest BCUT2D eigenvalue weighted by molar-refractivity contribution is 5.93. The van der Waals surface area contributed by atoms with Gasteiger partial charge in [0.15, 0.2) is 6.61 Å². The first-order valence-electron chi connectivity index (χ1n) is 8.47. The number of phenols is 1. The van der Waals surface area contributed by atoms with Crippen LogP contribution in [0.3, 0.4) is 0 Å². The molecule has 2 rings (SSSR count). The van der Waals surface area contributed by atoms with Crippen molar-refractivity contribution >= 4 is 17.6 Å². The van der Waals surface area contributed by atoms with Gasteiger partial charge in [-0.1, -0.05) is 24.3 Å². The minimum absolute atomic E-state index is 0.0490. The van der Waals surface area contributed by atoms with E-state index in [1.165, 1.54) is 12.1 Å². The van der Waals surface area contributed by atoms with Crippen LogP contribution < -0.4 is 10.2 Å². The van der Waals surface area contributed by atoms with E-state index < -0.39 is 5.97 Å². The molecule has 2 aromatic carbocycles. The number of aromatic hydroxyl groups is 1. The van der Waals surface area contributed by atoms with Gasteiger partial charge in [0.1, 0.15) is 11.3 Å². The molecule has 0 spiro atoms. The largest absolute Gasteiger partial charge is 0.507 e. The standard InChI is InChI=1S/C20H24N2O4/c1-15-9-10-17(18(23)13-15)20(25)26-14-19(24)21-11-6-12-22(2)16-7-4-3-5-8-16/h3-5,7-10,13,23H,6,11-12,14H2,1-2H3,(H,21,24). The Morgan fingerprint density at radius 3 is 2.58 bits per heavy atom. The maximum atomic E-state index is 11.9. The van der Waals surface area contributed by atoms with E-state index in [9.17, 15) is 14.7 Å². The summed E-state index contributed by atoms with van der Waals surface area (Å²) >= 11 is 0. The second-order valence-electron chi connectivity index (χ2n) is 6.06. The van der Waals surface area contributed by atoms with Crippen molar-refractivity contribution in [3.8, 4) is 5.75 Å². The lowest BCUT2D eigenvalue weighted by atomic mass is 10.1. The molecule has 0 unspecified atom stereocenters. The number of ether oxygens (including phenoxy) is 1. The van der Waals surface area contributed by atoms with Crippen LogP contribution in [-0.4, -0.2) is 43.7 Å². The van der Waals surface area contributed by atoms with E-state index in [-0.39, 0.29) is 23.8 Å². The highest BCUT2D eigenvalue weighted by Gasteiger charge is 2.14. The van der Waals surface area contributed by atoms with Gasteiger partial charge in [-0.3, -0.25) is 4.79 Å². The Morgan fingerprint density at radius 2 is 1.88 bits per heavy atom. The van der Waals surface area contributed by atoms with E-state index in [0.29, 0.717) is 6.54 Å². The monoisotopic (exact) mass is 356 g/mol. The predicted octanol–water partition coefficient (Wildman–Crippen LogP) is 2.50. The van der Waals surface area contributed by atoms with Crippen molar-refractivity contribution in [1.29, 1.82) is 0 Å². The molecule has 0 radical (unpaired) electrons. The number of benzene rings is 2. The normalized spacial score (nSPS) is 10.2. The Balaban J connectivity index is 1.66. The Bertz CT molecular complexity index is 747. The summed E-state index contributed by atoms with van der Waals surface area (Å²) in [7, 11) is 1.99. The molecule has 138 valence electrons. The topological polar surface area (TPSA) is 78.9 Å². The zero-order valence-electron chi connectivity index (χ0n) is 15.1. The summed E-state index contributed by atoms with van der Waals surface area (Å²) in [6.45, 7) is 2.71. The number of phenolic OH excluding ortho intramolecular Hbond substituents is 1. The van der Waals surface area contributed by atoms with Gasteiger partial charge in [-0.2, -0.15) is 0 Å². The van der Waals surface area contributed by atoms with Crippen molar-refractivity contribution in [1.82, 2.24) is 5.32 Å². The third-order valence-electron chi connectivity index (χ3n) is 3.90. The summed E-state index contributed by atoms with van der Waals surface area (Å²) in [5, 5.41) is 12.5. The molecule has 0 fully saturated rings. The second kappa shape index (κ2) is 9.46. The number of para-hydroxylation sites is 1. The molecule has 0 heterocycles. The van der Waals surface area contributed by atoms with Gasteiger partial charge < -0.3 is 20.1 Å². The van der Waals surface area contributed by atoms with Gasteiger partial charge in [0, 0.05) is 25.8 Å². The zero-order valence-corrected chi connectivity index (χ0v) is 15.1. The number of esters is 1. The Morgan fingerprint density at radius 1 is 1.15 bits per heavy atom. The minimum atomic E-state index is -0.721. The van der Waals surface area contributed by atoms with Gasteiger partial charge in [-0.25, -0.2) is 4.79 Å². The molecule has 2 N–H and O–H groups in total. The number of hydrogen-bond donors (Lipinski definition) is 2. The van der Waals surface area contributed by atoms with Crippen molar-refractivity contribution in [2.24, 2.45) is 0 Å². The average Bonchev–Trinajstić information content (AvgIpc) is 2.63. The summed E-state index contributed by atoms with van der Waals surface area (Å²) in [5.74, 6) is -1.24. The maximum Gasteiger partial charge on any atom is 0.342 e. The lowest BCUT2D eigenvalue weighted by Gasteiger charge is -2.19. The second-order valence-corrected chi connectivity index (χ2v) is 6.06. The van der Waals surface area contributed by atoms with Gasteiger partial charge in [-0.05, 0) is 43.2 Å². The SMILES string of the molecule is Cc1ccc(C(=O)OCC(=O)NCCCN(C)c2ccccc2)c(O)c1. The zero-order chi connectivity index (χ0) is 18.9. The lowest BCUT2D eigenvalue weighted by Crippen LogP contribution is -2.31. The number of carbonyl (C=O) groups is 2. The molecule has 6 nitrogen and oxygen atoms in total. The van der Waals surface area contributed by atoms with E-state index in [0.717, 1.165) is 24.2 Å². The first-order valence-corrected chi connectivity index (χ1v) is 8.47. The fourth-order valence-electron chi connectivity index (χ4n) is 2.43. The number of anilines is 1. The van der Waals surface area contributed by atoms with Gasteiger partial charge in [0.2, 0.25) is 0 Å². The van der Waals surface area contributed by atoms with Gasteiger partial charge in [0.25, 0.3) is 5.91 Å². The molecular weight excluding hydrogens is 332 g/mol. The van der Waals surface area contributed by atoms with Crippen LogP contribution in [0.1, 0.15) is 22.3 Å². The Kier molecular flexibility index (Phi) is 7.02. The van der Waals surface area contributed by atoms with E-state index in [1.807, 2.05) is 37.4 Å². The number of nitrogens with zero attached hydrogens (tertiary/aromatic N) is 1. The van der Waals surface area contributed by atoms with Crippen molar-refractivity contribution in [3.05, 3.63) is 59.7 Å². The molecule has 0 bridgehead atoms. The average molecular weight is 356 g/mol. The summed E-state index contributed by atoms with van der Waals surface area (Å²) < 4.78 is 4.94. The highest BCUT2D eigenvalue weighted by atomic mass is 16.5. The minimum Gasteiger partial charge on any atom is -0.507 e. The number of carbonyl (C=O) groups excluding carboxylic acids is 2. The fourth-order valence-corrected chi connectivity index (χ4v) is 2.43. The first kappa shape index (κ1) is 19.3. The number of amides is 1. The van der Waals surface area contributed by atoms with Gasteiger partial charge in [0.05, 0.1) is 0 Å². The molecular formula is C20H24N2O4. The van der Waals surface area contributed by atoms with Gasteiger partial charge in [-0.15, -0.1) is 0 Å². The number of nitrogens with one attached hydrogen (secondary N) is 1. The van der Waals surface area contributed by atoms with Crippen LogP contribution >= 0.6 is 0 Å². The number of aryl methyl sites for hydroxylation is 1. The quantitative estimate of drug-likeness (QED) is 0.561. The maximum absolute atomic E-state index is 11.9. The molecule has 0 aliphatic heterocycles. The molecule has 0 aliphatic carbocycles. The fraction of sp³-hybridized carbons (Fsp3) is 0.300. The third kappa shape index (κ3) is 5.81. The Labute approximate surface area is 153 Å². The van der Waals surface area contributed by atoms with Crippen LogP contribution in [0, 0.1) is 6.92 Å². The highest BCUT2D eigenvalue weighted by Crippen LogP contribution is 2.19. The molecule has 1 amide bonds. The van der Waals surface area contributed by atoms with E-state index >= 15 is 0 Å². The van der Waals surface area contributed by atoms with E-state index in [2.05, 4.69) is 10.2 Å². The van der Waals surface area contributed by atoms with Crippen LogP contribution in [0.2, 0.25) is 0 Å². The number of hydrogen-bond acceptors (Lipinski definition) is 5. The van der Waals surface area contributed by atoms with Crippen molar-refractivity contribution in [2.75, 3.05) is 31.6 Å². The van der Waals surface area contributed by atoms with Crippen molar-refractivity contribution in [3.63, 3.8) is 0 Å². The van der Waals surface area contributed by atoms with Crippen LogP contribution in [0.5, 0.6) is 5.75 Å². The van der Waals surface area contributed by atoms with E-state index in [4.69, 9.17) is 4.74 Å². The smallest absolute Gasteiger partial charge is 0.342 e. The lowest BCUT2D eigenvalue weighted by molar-refractivity contribution is -0.124. The van der Waals surface area contributed by atoms with Crippen molar-refractivity contribution < 1.29 is 19.4 Å². The van der Waals surface area contributed by atoms with E-state index in [1.54, 1.807) is 13.0 Å². The Hall–Kier alpha value is -3.02. The third-order valence-corrected chi connectivity index (χ3v) is 3.90. The molecule has 26 heavy (non-hydrogen) atoms. The van der Waals surface area contributed by atoms with Crippen LogP contribution in [0.25, 0.3) is 0 Å². The molecule has 6 heteroatoms. The first-order chi connectivity index (χ1) is 12.5. The molecule has 0 saturated heterocycles. The molecule has 0 aromatic heterocycles. The summed E-state index contributed by atoms with van der Waals surface area (Å²) in [6.07, 6.45) is 0.768. The van der Waals surface area contributed by atoms with Crippen molar-refractivity contribution in [2.45, 2.75) is 13.3 Å². The predicted molar refractivity (Wildman–Crippen MR) is 100 cm³/mol. The molecule has 2 aromatic rings.